The smallest absolute Gasteiger partial charge is 0.187 e. The molecule has 2 N–H and O–H groups in total. The highest BCUT2D eigenvalue weighted by molar-refractivity contribution is 7.18. The van der Waals surface area contributed by atoms with Gasteiger partial charge in [0.15, 0.2) is 5.13 Å². The maximum absolute atomic E-state index is 4.58. The Morgan fingerprint density at radius 1 is 0.960 bits per heavy atom. The molecular weight excluding hydrogens is 328 g/mol. The van der Waals surface area contributed by atoms with Gasteiger partial charge in [-0.15, -0.1) is 0 Å². The lowest BCUT2D eigenvalue weighted by Gasteiger charge is -2.04. The molecule has 2 heterocycles. The summed E-state index contributed by atoms with van der Waals surface area (Å²) in [7, 11) is 0. The third-order valence-electron chi connectivity index (χ3n) is 4.08. The fraction of sp³-hybridized carbons (Fsp3) is 0.100. The highest BCUT2D eigenvalue weighted by Gasteiger charge is 2.08. The Labute approximate surface area is 150 Å². The zero-order valence-electron chi connectivity index (χ0n) is 14.1. The van der Waals surface area contributed by atoms with Crippen molar-refractivity contribution in [2.45, 2.75) is 13.8 Å². The van der Waals surface area contributed by atoms with Crippen LogP contribution in [-0.4, -0.2) is 15.0 Å². The molecule has 0 bridgehead atoms. The van der Waals surface area contributed by atoms with Crippen LogP contribution in [0.4, 0.5) is 10.8 Å². The van der Waals surface area contributed by atoms with Gasteiger partial charge in [-0.25, -0.2) is 9.97 Å². The van der Waals surface area contributed by atoms with Crippen LogP contribution in [0.2, 0.25) is 0 Å². The van der Waals surface area contributed by atoms with Crippen LogP contribution in [0.3, 0.4) is 0 Å². The lowest BCUT2D eigenvalue weighted by molar-refractivity contribution is 1.22. The molecule has 4 nitrogen and oxygen atoms in total. The molecule has 0 saturated heterocycles. The van der Waals surface area contributed by atoms with Gasteiger partial charge in [0.1, 0.15) is 5.82 Å². The van der Waals surface area contributed by atoms with Gasteiger partial charge in [-0.05, 0) is 31.5 Å². The number of aromatic amines is 1. The summed E-state index contributed by atoms with van der Waals surface area (Å²) in [5, 5.41) is 4.27. The van der Waals surface area contributed by atoms with Gasteiger partial charge >= 0.3 is 0 Å². The van der Waals surface area contributed by atoms with Crippen LogP contribution < -0.4 is 5.32 Å². The minimum absolute atomic E-state index is 0.878. The number of imidazole rings is 1. The first kappa shape index (κ1) is 15.6. The van der Waals surface area contributed by atoms with Crippen molar-refractivity contribution in [3.63, 3.8) is 0 Å². The number of thiazole rings is 1. The number of nitrogens with one attached hydrogen (secondary N) is 2. The molecule has 25 heavy (non-hydrogen) atoms. The summed E-state index contributed by atoms with van der Waals surface area (Å²) in [6.45, 7) is 4.05. The topological polar surface area (TPSA) is 53.6 Å². The minimum atomic E-state index is 0.878. The Kier molecular flexibility index (Phi) is 4.07. The third kappa shape index (κ3) is 3.32. The van der Waals surface area contributed by atoms with Gasteiger partial charge < -0.3 is 10.3 Å². The molecule has 4 rings (SSSR count). The summed E-state index contributed by atoms with van der Waals surface area (Å²) in [5.41, 5.74) is 5.36. The first-order valence-electron chi connectivity index (χ1n) is 8.11. The quantitative estimate of drug-likeness (QED) is 0.508. The lowest BCUT2D eigenvalue weighted by atomic mass is 10.2. The summed E-state index contributed by atoms with van der Waals surface area (Å²) >= 11 is 1.64. The molecule has 0 spiro atoms. The van der Waals surface area contributed by atoms with E-state index in [1.54, 1.807) is 11.3 Å². The third-order valence-corrected chi connectivity index (χ3v) is 5.04. The van der Waals surface area contributed by atoms with Crippen molar-refractivity contribution in [2.24, 2.45) is 0 Å². The van der Waals surface area contributed by atoms with Crippen LogP contribution in [0.25, 0.3) is 21.8 Å². The van der Waals surface area contributed by atoms with Crippen LogP contribution in [-0.2, 0) is 0 Å². The number of hydrogen-bond donors (Lipinski definition) is 2. The number of benzene rings is 2. The van der Waals surface area contributed by atoms with E-state index in [0.29, 0.717) is 0 Å². The van der Waals surface area contributed by atoms with Crippen molar-refractivity contribution in [3.05, 3.63) is 72.2 Å². The predicted octanol–water partition coefficient (Wildman–Crippen LogP) is 5.56. The number of hydrogen-bond acceptors (Lipinski definition) is 4. The number of H-pyrrole nitrogens is 1. The largest absolute Gasteiger partial charge is 0.342 e. The molecule has 2 aromatic heterocycles. The summed E-state index contributed by atoms with van der Waals surface area (Å²) in [6.07, 6.45) is 1.91. The molecule has 0 radical (unpaired) electrons. The van der Waals surface area contributed by atoms with E-state index < -0.39 is 0 Å². The van der Waals surface area contributed by atoms with Gasteiger partial charge in [-0.3, -0.25) is 0 Å². The fourth-order valence-electron chi connectivity index (χ4n) is 2.62. The van der Waals surface area contributed by atoms with Crippen molar-refractivity contribution in [2.75, 3.05) is 5.32 Å². The van der Waals surface area contributed by atoms with Crippen molar-refractivity contribution in [1.82, 2.24) is 15.0 Å². The Morgan fingerprint density at radius 2 is 1.76 bits per heavy atom. The van der Waals surface area contributed by atoms with Crippen molar-refractivity contribution in [3.8, 4) is 21.8 Å². The Bertz CT molecular complexity index is 982. The van der Waals surface area contributed by atoms with Crippen molar-refractivity contribution < 1.29 is 0 Å². The van der Waals surface area contributed by atoms with E-state index in [2.05, 4.69) is 44.5 Å². The second kappa shape index (κ2) is 6.53. The van der Waals surface area contributed by atoms with E-state index in [1.807, 2.05) is 50.4 Å². The Balaban J connectivity index is 1.57. The normalized spacial score (nSPS) is 10.8. The van der Waals surface area contributed by atoms with Crippen LogP contribution >= 0.6 is 11.3 Å². The molecule has 0 amide bonds. The average Bonchev–Trinajstić information content (AvgIpc) is 3.23. The molecule has 0 unspecified atom stereocenters. The molecule has 0 aliphatic carbocycles. The number of rotatable bonds is 4. The van der Waals surface area contributed by atoms with Crippen LogP contribution in [0.1, 0.15) is 11.4 Å². The van der Waals surface area contributed by atoms with E-state index in [9.17, 15) is 0 Å². The summed E-state index contributed by atoms with van der Waals surface area (Å²) in [5.74, 6) is 0.891. The highest BCUT2D eigenvalue weighted by Crippen LogP contribution is 2.31. The van der Waals surface area contributed by atoms with E-state index in [-0.39, 0.29) is 0 Å². The van der Waals surface area contributed by atoms with Gasteiger partial charge in [-0.2, -0.15) is 0 Å². The standard InChI is InChI=1S/C20H18N4S/c1-13-14(2)23-19(22-13)16-9-6-10-17(11-16)24-20-21-12-18(25-20)15-7-4-3-5-8-15/h3-12H,1-2H3,(H,21,24)(H,22,23). The van der Waals surface area contributed by atoms with Crippen LogP contribution in [0.15, 0.2) is 60.8 Å². The van der Waals surface area contributed by atoms with E-state index in [4.69, 9.17) is 0 Å². The van der Waals surface area contributed by atoms with Crippen molar-refractivity contribution in [1.29, 1.82) is 0 Å². The lowest BCUT2D eigenvalue weighted by Crippen LogP contribution is -1.90. The van der Waals surface area contributed by atoms with Crippen LogP contribution in [0.5, 0.6) is 0 Å². The summed E-state index contributed by atoms with van der Waals surface area (Å²) in [6, 6.07) is 18.5. The average molecular weight is 346 g/mol. The van der Waals surface area contributed by atoms with Gasteiger partial charge in [0.05, 0.1) is 10.6 Å². The number of nitrogens with zero attached hydrogens (tertiary/aromatic N) is 2. The van der Waals surface area contributed by atoms with Crippen molar-refractivity contribution >= 4 is 22.2 Å². The van der Waals surface area contributed by atoms with E-state index in [1.165, 1.54) is 5.56 Å². The minimum Gasteiger partial charge on any atom is -0.342 e. The zero-order valence-corrected chi connectivity index (χ0v) is 14.9. The molecule has 5 heteroatoms. The highest BCUT2D eigenvalue weighted by atomic mass is 32.1. The molecule has 0 saturated carbocycles. The zero-order chi connectivity index (χ0) is 17.2. The monoisotopic (exact) mass is 346 g/mol. The molecular formula is C20H18N4S. The molecule has 0 atom stereocenters. The Hall–Kier alpha value is -2.92. The molecule has 0 aliphatic rings. The summed E-state index contributed by atoms with van der Waals surface area (Å²) in [4.78, 5) is 13.5. The van der Waals surface area contributed by atoms with Gasteiger partial charge in [0, 0.05) is 23.1 Å². The fourth-order valence-corrected chi connectivity index (χ4v) is 3.46. The second-order valence-corrected chi connectivity index (χ2v) is 6.93. The number of aromatic nitrogens is 3. The van der Waals surface area contributed by atoms with Crippen LogP contribution in [0, 0.1) is 13.8 Å². The Morgan fingerprint density at radius 3 is 2.52 bits per heavy atom. The van der Waals surface area contributed by atoms with Gasteiger partial charge in [-0.1, -0.05) is 53.8 Å². The SMILES string of the molecule is Cc1nc(-c2cccc(Nc3ncc(-c4ccccc4)s3)c2)[nH]c1C. The predicted molar refractivity (Wildman–Crippen MR) is 104 cm³/mol. The number of anilines is 2. The maximum atomic E-state index is 4.58. The maximum Gasteiger partial charge on any atom is 0.187 e. The van der Waals surface area contributed by atoms with E-state index >= 15 is 0 Å². The first-order valence-corrected chi connectivity index (χ1v) is 8.92. The second-order valence-electron chi connectivity index (χ2n) is 5.90. The number of aryl methyl sites for hydroxylation is 2. The molecule has 0 aliphatic heterocycles. The molecule has 2 aromatic carbocycles. The summed E-state index contributed by atoms with van der Waals surface area (Å²) < 4.78 is 0. The molecule has 4 aromatic rings. The van der Waals surface area contributed by atoms with Gasteiger partial charge in [0.2, 0.25) is 0 Å². The molecule has 124 valence electrons. The van der Waals surface area contributed by atoms with E-state index in [0.717, 1.165) is 38.5 Å². The van der Waals surface area contributed by atoms with Gasteiger partial charge in [0.25, 0.3) is 0 Å². The molecule has 0 fully saturated rings. The first-order chi connectivity index (χ1) is 12.2.